The van der Waals surface area contributed by atoms with Crippen molar-refractivity contribution in [1.82, 2.24) is 14.8 Å². The molecule has 0 saturated carbocycles. The average molecular weight is 230 g/mol. The first-order valence-corrected chi connectivity index (χ1v) is 5.67. The van der Waals surface area contributed by atoms with Gasteiger partial charge in [0.25, 0.3) is 0 Å². The summed E-state index contributed by atoms with van der Waals surface area (Å²) < 4.78 is 7.51. The zero-order valence-corrected chi connectivity index (χ0v) is 9.41. The third-order valence-electron chi connectivity index (χ3n) is 3.00. The van der Waals surface area contributed by atoms with Crippen molar-refractivity contribution in [3.8, 4) is 0 Å². The lowest BCUT2D eigenvalue weighted by molar-refractivity contribution is 0.0283. The fraction of sp³-hybridized carbons (Fsp3) is 0.333. The van der Waals surface area contributed by atoms with Crippen molar-refractivity contribution in [2.75, 3.05) is 12.3 Å². The van der Waals surface area contributed by atoms with Crippen LogP contribution < -0.4 is 5.73 Å². The number of hydrogen-bond acceptors (Lipinski definition) is 4. The van der Waals surface area contributed by atoms with Crippen molar-refractivity contribution in [2.24, 2.45) is 0 Å². The van der Waals surface area contributed by atoms with E-state index in [4.69, 9.17) is 10.5 Å². The van der Waals surface area contributed by atoms with Crippen LogP contribution in [-0.4, -0.2) is 21.4 Å². The predicted molar refractivity (Wildman–Crippen MR) is 63.3 cm³/mol. The molecule has 3 rings (SSSR count). The van der Waals surface area contributed by atoms with E-state index < -0.39 is 0 Å². The minimum Gasteiger partial charge on any atom is -0.371 e. The maximum absolute atomic E-state index is 5.79. The zero-order valence-electron chi connectivity index (χ0n) is 9.41. The van der Waals surface area contributed by atoms with Gasteiger partial charge in [0.15, 0.2) is 0 Å². The minimum atomic E-state index is 0.0426. The molecule has 1 atom stereocenters. The van der Waals surface area contributed by atoms with Gasteiger partial charge >= 0.3 is 0 Å². The van der Waals surface area contributed by atoms with Crippen molar-refractivity contribution in [1.29, 1.82) is 0 Å². The lowest BCUT2D eigenvalue weighted by atomic mass is 9.98. The number of anilines is 1. The van der Waals surface area contributed by atoms with Crippen LogP contribution in [0.3, 0.4) is 0 Å². The molecule has 17 heavy (non-hydrogen) atoms. The number of fused-ring (bicyclic) bond motifs is 1. The smallest absolute Gasteiger partial charge is 0.239 e. The third-order valence-corrected chi connectivity index (χ3v) is 3.00. The Bertz CT molecular complexity index is 523. The molecule has 0 bridgehead atoms. The standard InChI is InChI=1S/C12H14N4O/c13-12-14-8-16(15-12)7-11-10-4-2-1-3-9(10)5-6-17-11/h1-4,8,11H,5-7H2,(H2,13,15). The number of nitrogens with zero attached hydrogens (tertiary/aromatic N) is 3. The molecular formula is C12H14N4O. The van der Waals surface area contributed by atoms with Crippen LogP contribution in [0.1, 0.15) is 17.2 Å². The molecule has 1 aromatic heterocycles. The van der Waals surface area contributed by atoms with Gasteiger partial charge in [-0.15, -0.1) is 5.10 Å². The van der Waals surface area contributed by atoms with Gasteiger partial charge in [-0.3, -0.25) is 0 Å². The zero-order chi connectivity index (χ0) is 11.7. The average Bonchev–Trinajstić information content (AvgIpc) is 2.75. The number of rotatable bonds is 2. The topological polar surface area (TPSA) is 66.0 Å². The molecule has 1 aliphatic heterocycles. The quantitative estimate of drug-likeness (QED) is 0.841. The first-order chi connectivity index (χ1) is 8.33. The highest BCUT2D eigenvalue weighted by atomic mass is 16.5. The van der Waals surface area contributed by atoms with E-state index in [1.807, 2.05) is 6.07 Å². The second-order valence-electron chi connectivity index (χ2n) is 4.13. The summed E-state index contributed by atoms with van der Waals surface area (Å²) in [7, 11) is 0. The second-order valence-corrected chi connectivity index (χ2v) is 4.13. The van der Waals surface area contributed by atoms with E-state index in [0.29, 0.717) is 12.5 Å². The number of nitrogen functional groups attached to an aromatic ring is 1. The summed E-state index contributed by atoms with van der Waals surface area (Å²) in [5, 5.41) is 4.08. The molecule has 0 aliphatic carbocycles. The molecule has 0 spiro atoms. The molecular weight excluding hydrogens is 216 g/mol. The van der Waals surface area contributed by atoms with Crippen LogP contribution in [0.5, 0.6) is 0 Å². The summed E-state index contributed by atoms with van der Waals surface area (Å²) in [4.78, 5) is 3.91. The Kier molecular flexibility index (Phi) is 2.53. The molecule has 0 fully saturated rings. The number of aromatic nitrogens is 3. The number of ether oxygens (including phenoxy) is 1. The highest BCUT2D eigenvalue weighted by molar-refractivity contribution is 5.30. The Morgan fingerprint density at radius 1 is 1.41 bits per heavy atom. The van der Waals surface area contributed by atoms with Crippen LogP contribution in [0.15, 0.2) is 30.6 Å². The van der Waals surface area contributed by atoms with E-state index in [2.05, 4.69) is 28.3 Å². The summed E-state index contributed by atoms with van der Waals surface area (Å²) in [5.74, 6) is 0.300. The molecule has 2 aromatic rings. The van der Waals surface area contributed by atoms with Gasteiger partial charge in [-0.1, -0.05) is 24.3 Å². The van der Waals surface area contributed by atoms with Gasteiger partial charge in [-0.05, 0) is 17.5 Å². The molecule has 1 unspecified atom stereocenters. The summed E-state index contributed by atoms with van der Waals surface area (Å²) >= 11 is 0. The summed E-state index contributed by atoms with van der Waals surface area (Å²) in [5.41, 5.74) is 8.10. The SMILES string of the molecule is Nc1ncn(CC2OCCc3ccccc32)n1. The number of nitrogens with two attached hydrogens (primary N) is 1. The van der Waals surface area contributed by atoms with Gasteiger partial charge in [0.2, 0.25) is 5.95 Å². The number of benzene rings is 1. The van der Waals surface area contributed by atoms with Crippen molar-refractivity contribution in [2.45, 2.75) is 19.1 Å². The van der Waals surface area contributed by atoms with Gasteiger partial charge in [0.1, 0.15) is 12.4 Å². The largest absolute Gasteiger partial charge is 0.371 e. The molecule has 1 aromatic carbocycles. The van der Waals surface area contributed by atoms with Gasteiger partial charge in [0.05, 0.1) is 13.2 Å². The first kappa shape index (κ1) is 10.3. The summed E-state index contributed by atoms with van der Waals surface area (Å²) in [6.07, 6.45) is 2.66. The Labute approximate surface area is 99.2 Å². The maximum atomic E-state index is 5.79. The monoisotopic (exact) mass is 230 g/mol. The van der Waals surface area contributed by atoms with Gasteiger partial charge in [0, 0.05) is 0 Å². The van der Waals surface area contributed by atoms with E-state index >= 15 is 0 Å². The molecule has 5 nitrogen and oxygen atoms in total. The van der Waals surface area contributed by atoms with Crippen LogP contribution >= 0.6 is 0 Å². The molecule has 2 N–H and O–H groups in total. The third kappa shape index (κ3) is 2.01. The van der Waals surface area contributed by atoms with Crippen molar-refractivity contribution >= 4 is 5.95 Å². The lowest BCUT2D eigenvalue weighted by Crippen LogP contribution is -2.20. The molecule has 1 aliphatic rings. The summed E-state index contributed by atoms with van der Waals surface area (Å²) in [6.45, 7) is 1.41. The van der Waals surface area contributed by atoms with Crippen LogP contribution in [0, 0.1) is 0 Å². The van der Waals surface area contributed by atoms with Crippen LogP contribution in [0.4, 0.5) is 5.95 Å². The normalized spacial score (nSPS) is 18.9. The Morgan fingerprint density at radius 3 is 3.12 bits per heavy atom. The Hall–Kier alpha value is -1.88. The van der Waals surface area contributed by atoms with Crippen molar-refractivity contribution < 1.29 is 4.74 Å². The van der Waals surface area contributed by atoms with E-state index in [1.165, 1.54) is 11.1 Å². The molecule has 0 radical (unpaired) electrons. The molecule has 88 valence electrons. The molecule has 0 saturated heterocycles. The highest BCUT2D eigenvalue weighted by Gasteiger charge is 2.21. The summed E-state index contributed by atoms with van der Waals surface area (Å²) in [6, 6.07) is 8.37. The molecule has 5 heteroatoms. The van der Waals surface area contributed by atoms with Gasteiger partial charge < -0.3 is 10.5 Å². The van der Waals surface area contributed by atoms with E-state index in [1.54, 1.807) is 11.0 Å². The minimum absolute atomic E-state index is 0.0426. The van der Waals surface area contributed by atoms with E-state index in [-0.39, 0.29) is 6.10 Å². The van der Waals surface area contributed by atoms with Crippen molar-refractivity contribution in [3.63, 3.8) is 0 Å². The van der Waals surface area contributed by atoms with Crippen LogP contribution in [0.2, 0.25) is 0 Å². The number of hydrogen-bond donors (Lipinski definition) is 1. The van der Waals surface area contributed by atoms with E-state index in [9.17, 15) is 0 Å². The predicted octanol–water partition coefficient (Wildman–Crippen LogP) is 1.17. The maximum Gasteiger partial charge on any atom is 0.239 e. The fourth-order valence-corrected chi connectivity index (χ4v) is 2.19. The lowest BCUT2D eigenvalue weighted by Gasteiger charge is -2.25. The van der Waals surface area contributed by atoms with Crippen LogP contribution in [0.25, 0.3) is 0 Å². The van der Waals surface area contributed by atoms with Crippen molar-refractivity contribution in [3.05, 3.63) is 41.7 Å². The second kappa shape index (κ2) is 4.18. The Morgan fingerprint density at radius 2 is 2.29 bits per heavy atom. The fourth-order valence-electron chi connectivity index (χ4n) is 2.19. The van der Waals surface area contributed by atoms with Gasteiger partial charge in [-0.25, -0.2) is 9.67 Å². The van der Waals surface area contributed by atoms with Gasteiger partial charge in [-0.2, -0.15) is 0 Å². The van der Waals surface area contributed by atoms with Crippen LogP contribution in [-0.2, 0) is 17.7 Å². The highest BCUT2D eigenvalue weighted by Crippen LogP contribution is 2.27. The molecule has 2 heterocycles. The Balaban J connectivity index is 1.85. The molecule has 0 amide bonds. The van der Waals surface area contributed by atoms with E-state index in [0.717, 1.165) is 13.0 Å². The first-order valence-electron chi connectivity index (χ1n) is 5.67.